The van der Waals surface area contributed by atoms with E-state index in [-0.39, 0.29) is 30.7 Å². The Labute approximate surface area is 211 Å². The number of rotatable bonds is 8. The molecular formula is C29H31N3O4. The first-order valence-electron chi connectivity index (χ1n) is 12.0. The number of nitrogens with zero attached hydrogens (tertiary/aromatic N) is 1. The Kier molecular flexibility index (Phi) is 7.68. The molecule has 1 aliphatic rings. The van der Waals surface area contributed by atoms with Gasteiger partial charge >= 0.3 is 0 Å². The Bertz CT molecular complexity index is 1250. The van der Waals surface area contributed by atoms with Crippen LogP contribution in [0.25, 0.3) is 0 Å². The Morgan fingerprint density at radius 3 is 2.28 bits per heavy atom. The summed E-state index contributed by atoms with van der Waals surface area (Å²) < 4.78 is 5.63. The van der Waals surface area contributed by atoms with Crippen molar-refractivity contribution in [3.05, 3.63) is 89.0 Å². The second kappa shape index (κ2) is 11.1. The molecule has 1 heterocycles. The third-order valence-corrected chi connectivity index (χ3v) is 6.47. The van der Waals surface area contributed by atoms with Gasteiger partial charge in [-0.2, -0.15) is 0 Å². The number of nitrogens with one attached hydrogen (secondary N) is 2. The van der Waals surface area contributed by atoms with Gasteiger partial charge in [0.25, 0.3) is 5.91 Å². The van der Waals surface area contributed by atoms with Crippen molar-refractivity contribution in [2.75, 3.05) is 23.4 Å². The molecular weight excluding hydrogens is 454 g/mol. The molecule has 0 bridgehead atoms. The van der Waals surface area contributed by atoms with Crippen LogP contribution in [-0.2, 0) is 20.9 Å². The minimum absolute atomic E-state index is 0.0901. The lowest BCUT2D eigenvalue weighted by Gasteiger charge is -2.17. The summed E-state index contributed by atoms with van der Waals surface area (Å²) in [4.78, 5) is 39.3. The molecule has 1 atom stereocenters. The highest BCUT2D eigenvalue weighted by Gasteiger charge is 2.35. The zero-order valence-electron chi connectivity index (χ0n) is 20.8. The van der Waals surface area contributed by atoms with Crippen LogP contribution in [0.4, 0.5) is 11.4 Å². The summed E-state index contributed by atoms with van der Waals surface area (Å²) >= 11 is 0. The van der Waals surface area contributed by atoms with E-state index in [1.165, 1.54) is 0 Å². The van der Waals surface area contributed by atoms with Gasteiger partial charge in [0.15, 0.2) is 6.61 Å². The van der Waals surface area contributed by atoms with Crippen molar-refractivity contribution in [1.29, 1.82) is 0 Å². The highest BCUT2D eigenvalue weighted by molar-refractivity contribution is 6.00. The third-order valence-electron chi connectivity index (χ3n) is 6.47. The molecule has 1 aliphatic heterocycles. The molecule has 7 heteroatoms. The normalized spacial score (nSPS) is 15.0. The van der Waals surface area contributed by atoms with Crippen molar-refractivity contribution in [1.82, 2.24) is 5.32 Å². The number of benzene rings is 3. The number of hydrogen-bond acceptors (Lipinski definition) is 4. The minimum atomic E-state index is -0.397. The highest BCUT2D eigenvalue weighted by Crippen LogP contribution is 2.27. The van der Waals surface area contributed by atoms with E-state index in [4.69, 9.17) is 4.74 Å². The summed E-state index contributed by atoms with van der Waals surface area (Å²) in [6.07, 6.45) is 0.177. The van der Waals surface area contributed by atoms with Crippen molar-refractivity contribution < 1.29 is 19.1 Å². The van der Waals surface area contributed by atoms with Crippen LogP contribution in [-0.4, -0.2) is 30.9 Å². The van der Waals surface area contributed by atoms with Gasteiger partial charge in [0.2, 0.25) is 11.8 Å². The molecule has 3 amide bonds. The lowest BCUT2D eigenvalue weighted by molar-refractivity contribution is -0.126. The van der Waals surface area contributed by atoms with Crippen LogP contribution in [0.5, 0.6) is 5.75 Å². The molecule has 0 radical (unpaired) electrons. The molecule has 0 spiro atoms. The maximum atomic E-state index is 12.7. The van der Waals surface area contributed by atoms with Crippen LogP contribution >= 0.6 is 0 Å². The fraction of sp³-hybridized carbons (Fsp3) is 0.276. The topological polar surface area (TPSA) is 87.7 Å². The van der Waals surface area contributed by atoms with E-state index in [0.717, 1.165) is 27.9 Å². The van der Waals surface area contributed by atoms with Gasteiger partial charge in [-0.15, -0.1) is 0 Å². The smallest absolute Gasteiger partial charge is 0.262 e. The van der Waals surface area contributed by atoms with Gasteiger partial charge in [-0.1, -0.05) is 42.5 Å². The first-order chi connectivity index (χ1) is 17.3. The molecule has 0 unspecified atom stereocenters. The fourth-order valence-corrected chi connectivity index (χ4v) is 4.33. The maximum absolute atomic E-state index is 12.7. The summed E-state index contributed by atoms with van der Waals surface area (Å²) in [5, 5.41) is 5.85. The number of carbonyl (C=O) groups is 3. The summed E-state index contributed by atoms with van der Waals surface area (Å²) in [5.74, 6) is -0.331. The van der Waals surface area contributed by atoms with Gasteiger partial charge in [0, 0.05) is 30.9 Å². The number of aryl methyl sites for hydroxylation is 3. The predicted octanol–water partition coefficient (Wildman–Crippen LogP) is 4.30. The average molecular weight is 486 g/mol. The van der Waals surface area contributed by atoms with Crippen LogP contribution in [0.1, 0.15) is 28.7 Å². The van der Waals surface area contributed by atoms with E-state index in [1.54, 1.807) is 29.2 Å². The number of anilines is 2. The van der Waals surface area contributed by atoms with Gasteiger partial charge in [0.1, 0.15) is 5.75 Å². The first kappa shape index (κ1) is 25.0. The van der Waals surface area contributed by atoms with Crippen molar-refractivity contribution in [2.24, 2.45) is 5.92 Å². The largest absolute Gasteiger partial charge is 0.484 e. The predicted molar refractivity (Wildman–Crippen MR) is 140 cm³/mol. The molecule has 36 heavy (non-hydrogen) atoms. The van der Waals surface area contributed by atoms with Crippen LogP contribution < -0.4 is 20.3 Å². The second-order valence-electron chi connectivity index (χ2n) is 9.15. The first-order valence-corrected chi connectivity index (χ1v) is 12.0. The van der Waals surface area contributed by atoms with Gasteiger partial charge in [-0.05, 0) is 67.3 Å². The number of para-hydroxylation sites is 1. The average Bonchev–Trinajstić information content (AvgIpc) is 3.26. The lowest BCUT2D eigenvalue weighted by atomic mass is 10.1. The van der Waals surface area contributed by atoms with Crippen LogP contribution in [0, 0.1) is 26.7 Å². The minimum Gasteiger partial charge on any atom is -0.484 e. The summed E-state index contributed by atoms with van der Waals surface area (Å²) in [6, 6.07) is 20.7. The van der Waals surface area contributed by atoms with Crippen LogP contribution in [0.15, 0.2) is 66.7 Å². The van der Waals surface area contributed by atoms with Gasteiger partial charge < -0.3 is 20.3 Å². The van der Waals surface area contributed by atoms with Gasteiger partial charge in [-0.25, -0.2) is 0 Å². The Morgan fingerprint density at radius 1 is 0.917 bits per heavy atom. The van der Waals surface area contributed by atoms with E-state index in [2.05, 4.69) is 10.6 Å². The summed E-state index contributed by atoms with van der Waals surface area (Å²) in [5.41, 5.74) is 5.65. The second-order valence-corrected chi connectivity index (χ2v) is 9.15. The Morgan fingerprint density at radius 2 is 1.58 bits per heavy atom. The molecule has 0 aliphatic carbocycles. The molecule has 0 saturated carbocycles. The Hall–Kier alpha value is -4.13. The summed E-state index contributed by atoms with van der Waals surface area (Å²) in [7, 11) is 0. The zero-order chi connectivity index (χ0) is 25.7. The highest BCUT2D eigenvalue weighted by atomic mass is 16.5. The van der Waals surface area contributed by atoms with Gasteiger partial charge in [0.05, 0.1) is 5.92 Å². The standard InChI is InChI=1S/C29H31N3O4/c1-19-7-4-5-10-22(19)16-30-29(35)23-15-27(34)32(17-23)24-11-13-25(14-12-24)36-18-26(33)31-28-20(2)8-6-9-21(28)3/h4-14,23H,15-18H2,1-3H3,(H,30,35)(H,31,33)/t23-/m1/s1. The van der Waals surface area contributed by atoms with E-state index in [1.807, 2.05) is 63.2 Å². The fourth-order valence-electron chi connectivity index (χ4n) is 4.33. The molecule has 0 aromatic heterocycles. The van der Waals surface area contributed by atoms with Crippen molar-refractivity contribution in [3.63, 3.8) is 0 Å². The number of carbonyl (C=O) groups excluding carboxylic acids is 3. The lowest BCUT2D eigenvalue weighted by Crippen LogP contribution is -2.32. The summed E-state index contributed by atoms with van der Waals surface area (Å²) in [6.45, 7) is 6.54. The molecule has 7 nitrogen and oxygen atoms in total. The molecule has 3 aromatic rings. The van der Waals surface area contributed by atoms with Crippen molar-refractivity contribution in [3.8, 4) is 5.75 Å². The number of amides is 3. The van der Waals surface area contributed by atoms with E-state index < -0.39 is 5.92 Å². The third kappa shape index (κ3) is 5.92. The number of hydrogen-bond donors (Lipinski definition) is 2. The number of ether oxygens (including phenoxy) is 1. The Balaban J connectivity index is 1.29. The molecule has 4 rings (SSSR count). The van der Waals surface area contributed by atoms with Gasteiger partial charge in [-0.3, -0.25) is 14.4 Å². The zero-order valence-corrected chi connectivity index (χ0v) is 20.8. The van der Waals surface area contributed by atoms with Crippen LogP contribution in [0.2, 0.25) is 0 Å². The van der Waals surface area contributed by atoms with E-state index in [0.29, 0.717) is 24.5 Å². The molecule has 1 saturated heterocycles. The molecule has 1 fully saturated rings. The quantitative estimate of drug-likeness (QED) is 0.498. The maximum Gasteiger partial charge on any atom is 0.262 e. The monoisotopic (exact) mass is 485 g/mol. The molecule has 186 valence electrons. The van der Waals surface area contributed by atoms with Crippen LogP contribution in [0.3, 0.4) is 0 Å². The molecule has 3 aromatic carbocycles. The van der Waals surface area contributed by atoms with E-state index in [9.17, 15) is 14.4 Å². The SMILES string of the molecule is Cc1ccccc1CNC(=O)[C@@H]1CC(=O)N(c2ccc(OCC(=O)Nc3c(C)cccc3C)cc2)C1. The van der Waals surface area contributed by atoms with E-state index >= 15 is 0 Å². The molecule has 2 N–H and O–H groups in total. The van der Waals surface area contributed by atoms with Crippen molar-refractivity contribution >= 4 is 29.1 Å². The van der Waals surface area contributed by atoms with Crippen molar-refractivity contribution in [2.45, 2.75) is 33.7 Å².